The fraction of sp³-hybridized carbons (Fsp3) is 0.875. The molecule has 1 aliphatic carbocycles. The monoisotopic (exact) mass is 276 g/mol. The lowest BCUT2D eigenvalue weighted by Crippen LogP contribution is -2.51. The summed E-state index contributed by atoms with van der Waals surface area (Å²) in [6, 6.07) is 0. The maximum Gasteiger partial charge on any atom is 0.137 e. The van der Waals surface area contributed by atoms with E-state index in [4.69, 9.17) is 0 Å². The number of rotatable bonds is 5. The molecule has 2 heterocycles. The Bertz CT molecular complexity index is 406. The second kappa shape index (κ2) is 5.84. The Hall–Kier alpha value is -0.900. The van der Waals surface area contributed by atoms with Gasteiger partial charge in [0.25, 0.3) is 0 Å². The van der Waals surface area contributed by atoms with Gasteiger partial charge in [0.05, 0.1) is 0 Å². The molecular weight excluding hydrogens is 248 g/mol. The lowest BCUT2D eigenvalue weighted by Gasteiger charge is -2.54. The van der Waals surface area contributed by atoms with Crippen molar-refractivity contribution in [1.82, 2.24) is 19.7 Å². The number of hydrogen-bond donors (Lipinski definition) is 0. The van der Waals surface area contributed by atoms with Gasteiger partial charge >= 0.3 is 0 Å². The molecule has 1 saturated heterocycles. The van der Waals surface area contributed by atoms with Gasteiger partial charge in [-0.15, -0.1) is 0 Å². The number of aryl methyl sites for hydroxylation is 1. The normalized spacial score (nSPS) is 30.1. The standard InChI is InChI=1S/C16H28N4/c1-16(2)14(6-9-20-13-17-12-18-20)10-15(16)11-19-7-4-3-5-8-19/h12-15H,3-11H2,1-2H3/t14-,15-/m0/s1. The first-order chi connectivity index (χ1) is 9.66. The first kappa shape index (κ1) is 14.1. The summed E-state index contributed by atoms with van der Waals surface area (Å²) >= 11 is 0. The molecule has 2 fully saturated rings. The zero-order valence-corrected chi connectivity index (χ0v) is 13.0. The molecule has 1 aromatic heterocycles. The van der Waals surface area contributed by atoms with Gasteiger partial charge in [-0.3, -0.25) is 4.68 Å². The van der Waals surface area contributed by atoms with Crippen molar-refractivity contribution in [2.75, 3.05) is 19.6 Å². The van der Waals surface area contributed by atoms with Crippen LogP contribution in [0.25, 0.3) is 0 Å². The predicted octanol–water partition coefficient (Wildman–Crippen LogP) is 2.82. The van der Waals surface area contributed by atoms with Crippen molar-refractivity contribution in [1.29, 1.82) is 0 Å². The summed E-state index contributed by atoms with van der Waals surface area (Å²) < 4.78 is 1.97. The Kier molecular flexibility index (Phi) is 4.11. The van der Waals surface area contributed by atoms with Crippen molar-refractivity contribution in [3.8, 4) is 0 Å². The minimum Gasteiger partial charge on any atom is -0.303 e. The molecule has 4 nitrogen and oxygen atoms in total. The predicted molar refractivity (Wildman–Crippen MR) is 80.3 cm³/mol. The van der Waals surface area contributed by atoms with Gasteiger partial charge in [-0.1, -0.05) is 20.3 Å². The highest BCUT2D eigenvalue weighted by Gasteiger charge is 2.47. The molecule has 2 aliphatic rings. The van der Waals surface area contributed by atoms with Crippen molar-refractivity contribution in [3.05, 3.63) is 12.7 Å². The molecule has 3 rings (SSSR count). The summed E-state index contributed by atoms with van der Waals surface area (Å²) in [6.45, 7) is 9.94. The molecule has 2 atom stereocenters. The van der Waals surface area contributed by atoms with E-state index >= 15 is 0 Å². The Labute approximate surface area is 122 Å². The van der Waals surface area contributed by atoms with Crippen molar-refractivity contribution in [2.24, 2.45) is 17.3 Å². The quantitative estimate of drug-likeness (QED) is 0.829. The second-order valence-electron chi connectivity index (χ2n) is 7.26. The molecule has 0 bridgehead atoms. The summed E-state index contributed by atoms with van der Waals surface area (Å²) in [7, 11) is 0. The van der Waals surface area contributed by atoms with Gasteiger partial charge in [-0.25, -0.2) is 4.98 Å². The maximum atomic E-state index is 4.20. The van der Waals surface area contributed by atoms with Crippen molar-refractivity contribution in [2.45, 2.75) is 52.5 Å². The highest BCUT2D eigenvalue weighted by atomic mass is 15.3. The molecule has 1 saturated carbocycles. The van der Waals surface area contributed by atoms with Crippen molar-refractivity contribution in [3.63, 3.8) is 0 Å². The zero-order chi connectivity index (χ0) is 14.0. The Morgan fingerprint density at radius 2 is 1.95 bits per heavy atom. The Balaban J connectivity index is 1.46. The van der Waals surface area contributed by atoms with Crippen molar-refractivity contribution >= 4 is 0 Å². The summed E-state index contributed by atoms with van der Waals surface area (Å²) in [4.78, 5) is 6.72. The SMILES string of the molecule is CC1(C)[C@@H](CCn2cncn2)C[C@H]1CN1CCCCC1. The minimum atomic E-state index is 0.498. The summed E-state index contributed by atoms with van der Waals surface area (Å²) in [5.41, 5.74) is 0.498. The van der Waals surface area contributed by atoms with Crippen LogP contribution in [0.5, 0.6) is 0 Å². The average Bonchev–Trinajstić information content (AvgIpc) is 2.96. The molecule has 0 spiro atoms. The molecular formula is C16H28N4. The molecule has 1 aromatic rings. The van der Waals surface area contributed by atoms with E-state index in [1.54, 1.807) is 6.33 Å². The Morgan fingerprint density at radius 1 is 1.15 bits per heavy atom. The zero-order valence-electron chi connectivity index (χ0n) is 13.0. The van der Waals surface area contributed by atoms with Crippen LogP contribution in [0, 0.1) is 17.3 Å². The molecule has 20 heavy (non-hydrogen) atoms. The highest BCUT2D eigenvalue weighted by Crippen LogP contribution is 2.53. The molecule has 0 radical (unpaired) electrons. The van der Waals surface area contributed by atoms with E-state index in [1.165, 1.54) is 51.7 Å². The van der Waals surface area contributed by atoms with Crippen LogP contribution in [0.1, 0.15) is 46.0 Å². The molecule has 0 amide bonds. The summed E-state index contributed by atoms with van der Waals surface area (Å²) in [5.74, 6) is 1.74. The van der Waals surface area contributed by atoms with Crippen LogP contribution in [-0.2, 0) is 6.54 Å². The fourth-order valence-corrected chi connectivity index (χ4v) is 4.01. The maximum absolute atomic E-state index is 4.20. The van der Waals surface area contributed by atoms with Crippen LogP contribution in [0.15, 0.2) is 12.7 Å². The topological polar surface area (TPSA) is 34.0 Å². The Morgan fingerprint density at radius 3 is 2.60 bits per heavy atom. The van der Waals surface area contributed by atoms with Crippen LogP contribution in [-0.4, -0.2) is 39.3 Å². The summed E-state index contributed by atoms with van der Waals surface area (Å²) in [5, 5.41) is 4.20. The lowest BCUT2D eigenvalue weighted by molar-refractivity contribution is -0.0487. The van der Waals surface area contributed by atoms with Gasteiger partial charge in [-0.05, 0) is 56.0 Å². The molecule has 112 valence electrons. The fourth-order valence-electron chi connectivity index (χ4n) is 4.01. The lowest BCUT2D eigenvalue weighted by atomic mass is 9.53. The van der Waals surface area contributed by atoms with E-state index in [-0.39, 0.29) is 0 Å². The van der Waals surface area contributed by atoms with E-state index in [9.17, 15) is 0 Å². The third-order valence-electron chi connectivity index (χ3n) is 5.77. The second-order valence-corrected chi connectivity index (χ2v) is 7.26. The summed E-state index contributed by atoms with van der Waals surface area (Å²) in [6.07, 6.45) is 10.4. The molecule has 0 unspecified atom stereocenters. The van der Waals surface area contributed by atoms with Crippen LogP contribution in [0.3, 0.4) is 0 Å². The van der Waals surface area contributed by atoms with Crippen LogP contribution in [0.4, 0.5) is 0 Å². The van der Waals surface area contributed by atoms with E-state index in [0.29, 0.717) is 5.41 Å². The first-order valence-electron chi connectivity index (χ1n) is 8.21. The van der Waals surface area contributed by atoms with Crippen molar-refractivity contribution < 1.29 is 0 Å². The average molecular weight is 276 g/mol. The number of likely N-dealkylation sites (tertiary alicyclic amines) is 1. The van der Waals surface area contributed by atoms with Gasteiger partial charge in [-0.2, -0.15) is 5.10 Å². The molecule has 0 N–H and O–H groups in total. The van der Waals surface area contributed by atoms with Gasteiger partial charge in [0.2, 0.25) is 0 Å². The first-order valence-corrected chi connectivity index (χ1v) is 8.21. The number of nitrogens with zero attached hydrogens (tertiary/aromatic N) is 4. The van der Waals surface area contributed by atoms with E-state index < -0.39 is 0 Å². The third kappa shape index (κ3) is 2.90. The number of hydrogen-bond acceptors (Lipinski definition) is 3. The molecule has 1 aliphatic heterocycles. The van der Waals surface area contributed by atoms with Crippen LogP contribution in [0.2, 0.25) is 0 Å². The van der Waals surface area contributed by atoms with E-state index in [2.05, 4.69) is 28.8 Å². The smallest absolute Gasteiger partial charge is 0.137 e. The van der Waals surface area contributed by atoms with Gasteiger partial charge in [0.1, 0.15) is 12.7 Å². The largest absolute Gasteiger partial charge is 0.303 e. The highest BCUT2D eigenvalue weighted by molar-refractivity contribution is 4.97. The molecule has 4 heteroatoms. The van der Waals surface area contributed by atoms with Gasteiger partial charge in [0.15, 0.2) is 0 Å². The van der Waals surface area contributed by atoms with Gasteiger partial charge in [0, 0.05) is 13.1 Å². The van der Waals surface area contributed by atoms with Crippen LogP contribution < -0.4 is 0 Å². The minimum absolute atomic E-state index is 0.498. The number of piperidine rings is 1. The third-order valence-corrected chi connectivity index (χ3v) is 5.77. The number of aromatic nitrogens is 3. The van der Waals surface area contributed by atoms with E-state index in [0.717, 1.165) is 18.4 Å². The van der Waals surface area contributed by atoms with E-state index in [1.807, 2.05) is 11.0 Å². The molecule has 0 aromatic carbocycles. The van der Waals surface area contributed by atoms with Crippen LogP contribution >= 0.6 is 0 Å². The van der Waals surface area contributed by atoms with Gasteiger partial charge < -0.3 is 4.90 Å².